The molecule has 4 nitrogen and oxygen atoms in total. The number of nitrogens with zero attached hydrogens (tertiary/aromatic N) is 1. The second-order valence-corrected chi connectivity index (χ2v) is 3.23. The van der Waals surface area contributed by atoms with E-state index in [2.05, 4.69) is 5.32 Å². The van der Waals surface area contributed by atoms with Gasteiger partial charge in [-0.15, -0.1) is 0 Å². The van der Waals surface area contributed by atoms with Gasteiger partial charge in [0.1, 0.15) is 0 Å². The van der Waals surface area contributed by atoms with Gasteiger partial charge in [0.15, 0.2) is 0 Å². The molecule has 0 spiro atoms. The molecule has 2 N–H and O–H groups in total. The second kappa shape index (κ2) is 5.13. The highest BCUT2D eigenvalue weighted by atomic mass is 16.4. The van der Waals surface area contributed by atoms with Gasteiger partial charge in [0.25, 0.3) is 0 Å². The Morgan fingerprint density at radius 3 is 2.60 bits per heavy atom. The number of aliphatic carboxylic acids is 1. The van der Waals surface area contributed by atoms with E-state index in [-0.39, 0.29) is 12.6 Å². The number of rotatable bonds is 4. The molecule has 1 atom stereocenters. The molecule has 0 fully saturated rings. The topological polar surface area (TPSA) is 73.1 Å². The summed E-state index contributed by atoms with van der Waals surface area (Å²) in [7, 11) is 0. The molecule has 78 valence electrons. The molecule has 0 heterocycles. The first-order valence-corrected chi connectivity index (χ1v) is 4.58. The summed E-state index contributed by atoms with van der Waals surface area (Å²) < 4.78 is 0. The summed E-state index contributed by atoms with van der Waals surface area (Å²) in [6.07, 6.45) is 0. The maximum Gasteiger partial charge on any atom is 0.317 e. The lowest BCUT2D eigenvalue weighted by Crippen LogP contribution is -2.25. The Kier molecular flexibility index (Phi) is 3.83. The largest absolute Gasteiger partial charge is 0.480 e. The van der Waals surface area contributed by atoms with Crippen molar-refractivity contribution in [3.8, 4) is 6.07 Å². The van der Waals surface area contributed by atoms with Crippen LogP contribution >= 0.6 is 0 Å². The maximum atomic E-state index is 10.3. The zero-order valence-electron chi connectivity index (χ0n) is 8.40. The Balaban J connectivity index is 2.62. The predicted molar refractivity (Wildman–Crippen MR) is 55.2 cm³/mol. The average molecular weight is 204 g/mol. The molecule has 15 heavy (non-hydrogen) atoms. The van der Waals surface area contributed by atoms with Gasteiger partial charge >= 0.3 is 5.97 Å². The van der Waals surface area contributed by atoms with Gasteiger partial charge in [-0.05, 0) is 24.6 Å². The summed E-state index contributed by atoms with van der Waals surface area (Å²) in [5.74, 6) is -0.879. The molecule has 0 aliphatic carbocycles. The fraction of sp³-hybridized carbons (Fsp3) is 0.273. The van der Waals surface area contributed by atoms with Gasteiger partial charge in [0, 0.05) is 6.04 Å². The molecule has 0 aliphatic heterocycles. The van der Waals surface area contributed by atoms with Crippen molar-refractivity contribution in [2.45, 2.75) is 13.0 Å². The van der Waals surface area contributed by atoms with Crippen LogP contribution in [0.2, 0.25) is 0 Å². The minimum atomic E-state index is -0.879. The monoisotopic (exact) mass is 204 g/mol. The Labute approximate surface area is 88.2 Å². The van der Waals surface area contributed by atoms with Gasteiger partial charge in [0.05, 0.1) is 18.2 Å². The van der Waals surface area contributed by atoms with Crippen LogP contribution in [0.1, 0.15) is 24.1 Å². The first-order chi connectivity index (χ1) is 7.13. The number of nitriles is 1. The van der Waals surface area contributed by atoms with E-state index in [9.17, 15) is 4.79 Å². The van der Waals surface area contributed by atoms with Crippen LogP contribution in [0, 0.1) is 11.3 Å². The van der Waals surface area contributed by atoms with E-state index in [1.165, 1.54) is 0 Å². The molecule has 1 rings (SSSR count). The minimum absolute atomic E-state index is 0.0335. The van der Waals surface area contributed by atoms with E-state index in [1.54, 1.807) is 12.1 Å². The molecular formula is C11H12N2O2. The van der Waals surface area contributed by atoms with Crippen LogP contribution in [0.3, 0.4) is 0 Å². The van der Waals surface area contributed by atoms with E-state index in [4.69, 9.17) is 10.4 Å². The second-order valence-electron chi connectivity index (χ2n) is 3.23. The Bertz CT molecular complexity index is 379. The lowest BCUT2D eigenvalue weighted by Gasteiger charge is -2.12. The number of benzene rings is 1. The van der Waals surface area contributed by atoms with Crippen LogP contribution in [0.15, 0.2) is 24.3 Å². The molecule has 0 saturated heterocycles. The van der Waals surface area contributed by atoms with Gasteiger partial charge in [-0.2, -0.15) is 5.26 Å². The molecule has 0 saturated carbocycles. The van der Waals surface area contributed by atoms with Crippen molar-refractivity contribution in [3.63, 3.8) is 0 Å². The smallest absolute Gasteiger partial charge is 0.317 e. The van der Waals surface area contributed by atoms with Crippen molar-refractivity contribution >= 4 is 5.97 Å². The van der Waals surface area contributed by atoms with E-state index in [1.807, 2.05) is 25.1 Å². The fourth-order valence-corrected chi connectivity index (χ4v) is 1.20. The summed E-state index contributed by atoms with van der Waals surface area (Å²) in [5.41, 5.74) is 1.57. The molecule has 0 amide bonds. The Morgan fingerprint density at radius 1 is 1.53 bits per heavy atom. The quantitative estimate of drug-likeness (QED) is 0.775. The molecular weight excluding hydrogens is 192 g/mol. The number of nitrogens with one attached hydrogen (secondary N) is 1. The molecule has 4 heteroatoms. The third-order valence-electron chi connectivity index (χ3n) is 2.10. The highest BCUT2D eigenvalue weighted by Crippen LogP contribution is 2.12. The third-order valence-corrected chi connectivity index (χ3v) is 2.10. The number of hydrogen-bond donors (Lipinski definition) is 2. The van der Waals surface area contributed by atoms with Gasteiger partial charge in [-0.25, -0.2) is 0 Å². The van der Waals surface area contributed by atoms with Crippen molar-refractivity contribution in [1.29, 1.82) is 5.26 Å². The molecule has 0 unspecified atom stereocenters. The third kappa shape index (κ3) is 3.41. The maximum absolute atomic E-state index is 10.3. The van der Waals surface area contributed by atoms with Crippen LogP contribution in [0.25, 0.3) is 0 Å². The SMILES string of the molecule is C[C@H](NCC(=O)O)c1ccc(C#N)cc1. The van der Waals surface area contributed by atoms with E-state index >= 15 is 0 Å². The zero-order valence-corrected chi connectivity index (χ0v) is 8.40. The van der Waals surface area contributed by atoms with Crippen LogP contribution in [0.5, 0.6) is 0 Å². The molecule has 1 aromatic rings. The van der Waals surface area contributed by atoms with Crippen LogP contribution in [0.4, 0.5) is 0 Å². The van der Waals surface area contributed by atoms with Gasteiger partial charge in [-0.1, -0.05) is 12.1 Å². The van der Waals surface area contributed by atoms with Gasteiger partial charge in [0.2, 0.25) is 0 Å². The minimum Gasteiger partial charge on any atom is -0.480 e. The van der Waals surface area contributed by atoms with Crippen molar-refractivity contribution in [2.75, 3.05) is 6.54 Å². The number of carboxylic acids is 1. The number of carbonyl (C=O) groups is 1. The standard InChI is InChI=1S/C11H12N2O2/c1-8(13-7-11(14)15)10-4-2-9(6-12)3-5-10/h2-5,8,13H,7H2,1H3,(H,14,15)/t8-/m0/s1. The zero-order chi connectivity index (χ0) is 11.3. The first kappa shape index (κ1) is 11.2. The highest BCUT2D eigenvalue weighted by molar-refractivity contribution is 5.69. The average Bonchev–Trinajstić information content (AvgIpc) is 2.26. The number of hydrogen-bond acceptors (Lipinski definition) is 3. The number of carboxylic acid groups (broad SMARTS) is 1. The van der Waals surface area contributed by atoms with Crippen LogP contribution < -0.4 is 5.32 Å². The Morgan fingerprint density at radius 2 is 2.13 bits per heavy atom. The van der Waals surface area contributed by atoms with Gasteiger partial charge < -0.3 is 10.4 Å². The summed E-state index contributed by atoms with van der Waals surface area (Å²) in [6.45, 7) is 1.81. The van der Waals surface area contributed by atoms with Gasteiger partial charge in [-0.3, -0.25) is 4.79 Å². The fourth-order valence-electron chi connectivity index (χ4n) is 1.20. The van der Waals surface area contributed by atoms with Crippen LogP contribution in [-0.4, -0.2) is 17.6 Å². The van der Waals surface area contributed by atoms with Crippen molar-refractivity contribution in [2.24, 2.45) is 0 Å². The molecule has 0 aliphatic rings. The summed E-state index contributed by atoms with van der Waals surface area (Å²) in [6, 6.07) is 9.06. The lowest BCUT2D eigenvalue weighted by atomic mass is 10.1. The lowest BCUT2D eigenvalue weighted by molar-refractivity contribution is -0.136. The predicted octanol–water partition coefficient (Wildman–Crippen LogP) is 1.29. The van der Waals surface area contributed by atoms with Crippen molar-refractivity contribution in [1.82, 2.24) is 5.32 Å². The van der Waals surface area contributed by atoms with E-state index in [0.29, 0.717) is 5.56 Å². The molecule has 0 bridgehead atoms. The summed E-state index contributed by atoms with van der Waals surface area (Å²) in [4.78, 5) is 10.3. The van der Waals surface area contributed by atoms with E-state index in [0.717, 1.165) is 5.56 Å². The van der Waals surface area contributed by atoms with Crippen molar-refractivity contribution < 1.29 is 9.90 Å². The molecule has 0 aromatic heterocycles. The summed E-state index contributed by atoms with van der Waals surface area (Å²) in [5, 5.41) is 19.9. The van der Waals surface area contributed by atoms with E-state index < -0.39 is 5.97 Å². The normalized spacial score (nSPS) is 11.7. The Hall–Kier alpha value is -1.86. The first-order valence-electron chi connectivity index (χ1n) is 4.58. The molecule has 1 aromatic carbocycles. The summed E-state index contributed by atoms with van der Waals surface area (Å²) >= 11 is 0. The molecule has 0 radical (unpaired) electrons. The highest BCUT2D eigenvalue weighted by Gasteiger charge is 2.06. The van der Waals surface area contributed by atoms with Crippen molar-refractivity contribution in [3.05, 3.63) is 35.4 Å². The van der Waals surface area contributed by atoms with Crippen LogP contribution in [-0.2, 0) is 4.79 Å².